The molecule has 0 spiro atoms. The van der Waals surface area contributed by atoms with Crippen LogP contribution in [0.2, 0.25) is 0 Å². The van der Waals surface area contributed by atoms with E-state index in [1.807, 2.05) is 36.5 Å². The molecule has 1 saturated heterocycles. The highest BCUT2D eigenvalue weighted by molar-refractivity contribution is 5.85. The number of hydrogen-bond acceptors (Lipinski definition) is 4. The number of nitrogens with zero attached hydrogens (tertiary/aromatic N) is 2. The van der Waals surface area contributed by atoms with Crippen molar-refractivity contribution in [2.45, 2.75) is 44.8 Å². The van der Waals surface area contributed by atoms with Crippen LogP contribution in [-0.2, 0) is 6.54 Å². The van der Waals surface area contributed by atoms with Gasteiger partial charge in [0.05, 0.1) is 12.7 Å². The summed E-state index contributed by atoms with van der Waals surface area (Å²) >= 11 is 0. The molecule has 1 fully saturated rings. The molecule has 2 atom stereocenters. The summed E-state index contributed by atoms with van der Waals surface area (Å²) in [4.78, 5) is 6.84. The fraction of sp³-hybridized carbons (Fsp3) is 0.471. The minimum Gasteiger partial charge on any atom is -0.439 e. The molecule has 2 unspecified atom stereocenters. The third kappa shape index (κ3) is 4.95. The Morgan fingerprint density at radius 1 is 1.26 bits per heavy atom. The predicted octanol–water partition coefficient (Wildman–Crippen LogP) is 3.89. The molecule has 1 aliphatic heterocycles. The highest BCUT2D eigenvalue weighted by Crippen LogP contribution is 2.24. The average molecular weight is 358 g/mol. The number of benzene rings is 1. The van der Waals surface area contributed by atoms with E-state index < -0.39 is 0 Å². The van der Waals surface area contributed by atoms with E-state index in [0.29, 0.717) is 6.04 Å². The lowest BCUT2D eigenvalue weighted by molar-refractivity contribution is 0.112. The van der Waals surface area contributed by atoms with E-state index in [9.17, 15) is 0 Å². The molecule has 0 bridgehead atoms. The van der Waals surface area contributed by atoms with Gasteiger partial charge in [0.15, 0.2) is 5.76 Å². The minimum absolute atomic E-state index is 0. The van der Waals surface area contributed by atoms with Crippen molar-refractivity contribution in [3.8, 4) is 11.3 Å². The summed E-state index contributed by atoms with van der Waals surface area (Å²) in [6.07, 6.45) is 5.48. The third-order valence-electron chi connectivity index (χ3n) is 4.22. The van der Waals surface area contributed by atoms with Crippen LogP contribution in [0.4, 0.5) is 0 Å². The van der Waals surface area contributed by atoms with Gasteiger partial charge in [-0.2, -0.15) is 0 Å². The Morgan fingerprint density at radius 2 is 2.00 bits per heavy atom. The fourth-order valence-electron chi connectivity index (χ4n) is 3.10. The van der Waals surface area contributed by atoms with Crippen molar-refractivity contribution in [1.29, 1.82) is 0 Å². The van der Waals surface area contributed by atoms with Crippen LogP contribution in [0.25, 0.3) is 11.3 Å². The van der Waals surface area contributed by atoms with Gasteiger partial charge in [0, 0.05) is 17.6 Å². The number of piperidine rings is 1. The Kier molecular flexibility index (Phi) is 8.06. The van der Waals surface area contributed by atoms with Gasteiger partial charge in [-0.25, -0.2) is 4.98 Å². The number of halogens is 2. The second kappa shape index (κ2) is 9.28. The molecule has 23 heavy (non-hydrogen) atoms. The summed E-state index contributed by atoms with van der Waals surface area (Å²) in [5, 5.41) is 0. The van der Waals surface area contributed by atoms with Gasteiger partial charge in [-0.15, -0.1) is 24.8 Å². The van der Waals surface area contributed by atoms with Gasteiger partial charge in [-0.05, 0) is 26.3 Å². The van der Waals surface area contributed by atoms with Crippen molar-refractivity contribution in [2.75, 3.05) is 6.54 Å². The number of nitrogens with two attached hydrogens (primary N) is 1. The molecule has 0 saturated carbocycles. The minimum atomic E-state index is 0. The van der Waals surface area contributed by atoms with Crippen LogP contribution >= 0.6 is 24.8 Å². The van der Waals surface area contributed by atoms with E-state index in [4.69, 9.17) is 10.2 Å². The molecule has 0 amide bonds. The zero-order valence-electron chi connectivity index (χ0n) is 13.4. The average Bonchev–Trinajstić information content (AvgIpc) is 2.97. The van der Waals surface area contributed by atoms with Crippen LogP contribution in [0.3, 0.4) is 0 Å². The van der Waals surface area contributed by atoms with Crippen molar-refractivity contribution in [2.24, 2.45) is 5.73 Å². The van der Waals surface area contributed by atoms with Gasteiger partial charge in [-0.1, -0.05) is 36.8 Å². The first-order valence-electron chi connectivity index (χ1n) is 7.74. The second-order valence-electron chi connectivity index (χ2n) is 5.88. The lowest BCUT2D eigenvalue weighted by atomic mass is 9.97. The molecule has 1 aliphatic rings. The van der Waals surface area contributed by atoms with E-state index in [-0.39, 0.29) is 30.9 Å². The number of likely N-dealkylation sites (tertiary alicyclic amines) is 1. The van der Waals surface area contributed by atoms with Crippen LogP contribution < -0.4 is 5.73 Å². The molecule has 2 heterocycles. The maximum absolute atomic E-state index is 6.11. The van der Waals surface area contributed by atoms with E-state index in [1.165, 1.54) is 19.3 Å². The van der Waals surface area contributed by atoms with Gasteiger partial charge < -0.3 is 10.2 Å². The number of hydrogen-bond donors (Lipinski definition) is 1. The monoisotopic (exact) mass is 357 g/mol. The van der Waals surface area contributed by atoms with Crippen LogP contribution in [0, 0.1) is 0 Å². The third-order valence-corrected chi connectivity index (χ3v) is 4.22. The lowest BCUT2D eigenvalue weighted by Crippen LogP contribution is -2.48. The molecular weight excluding hydrogens is 333 g/mol. The maximum atomic E-state index is 6.11. The Hall–Kier alpha value is -1.07. The smallest absolute Gasteiger partial charge is 0.209 e. The first-order valence-corrected chi connectivity index (χ1v) is 7.74. The highest BCUT2D eigenvalue weighted by atomic mass is 35.5. The van der Waals surface area contributed by atoms with Crippen LogP contribution in [0.1, 0.15) is 32.1 Å². The summed E-state index contributed by atoms with van der Waals surface area (Å²) in [7, 11) is 0. The van der Waals surface area contributed by atoms with E-state index in [1.54, 1.807) is 0 Å². The Bertz CT molecular complexity index is 574. The Balaban J connectivity index is 0.00000132. The molecule has 2 N–H and O–H groups in total. The normalized spacial score (nSPS) is 19.5. The largest absolute Gasteiger partial charge is 0.439 e. The van der Waals surface area contributed by atoms with Crippen LogP contribution in [0.15, 0.2) is 40.9 Å². The van der Waals surface area contributed by atoms with Gasteiger partial charge in [-0.3, -0.25) is 4.90 Å². The lowest BCUT2D eigenvalue weighted by Gasteiger charge is -2.37. The molecular formula is C17H25Cl2N3O. The zero-order valence-corrected chi connectivity index (χ0v) is 15.0. The number of rotatable bonds is 4. The highest BCUT2D eigenvalue weighted by Gasteiger charge is 2.26. The van der Waals surface area contributed by atoms with Crippen LogP contribution in [0.5, 0.6) is 0 Å². The van der Waals surface area contributed by atoms with Gasteiger partial charge in [0.25, 0.3) is 0 Å². The molecule has 4 nitrogen and oxygen atoms in total. The molecule has 0 radical (unpaired) electrons. The Morgan fingerprint density at radius 3 is 2.70 bits per heavy atom. The van der Waals surface area contributed by atoms with Crippen molar-refractivity contribution < 1.29 is 4.42 Å². The quantitative estimate of drug-likeness (QED) is 0.901. The maximum Gasteiger partial charge on any atom is 0.209 e. The van der Waals surface area contributed by atoms with E-state index in [0.717, 1.165) is 30.3 Å². The standard InChI is InChI=1S/C17H23N3O.2ClH/c1-13(18)15-9-5-6-10-20(15)12-17-19-11-16(21-17)14-7-3-2-4-8-14;;/h2-4,7-8,11,13,15H,5-6,9-10,12,18H2,1H3;2*1H. The van der Waals surface area contributed by atoms with E-state index in [2.05, 4.69) is 16.8 Å². The first-order chi connectivity index (χ1) is 10.2. The fourth-order valence-corrected chi connectivity index (χ4v) is 3.10. The van der Waals surface area contributed by atoms with Gasteiger partial charge in [0.1, 0.15) is 0 Å². The zero-order chi connectivity index (χ0) is 14.7. The topological polar surface area (TPSA) is 55.3 Å². The number of oxazole rings is 1. The summed E-state index contributed by atoms with van der Waals surface area (Å²) in [5.41, 5.74) is 7.18. The van der Waals surface area contributed by atoms with Crippen molar-refractivity contribution >= 4 is 24.8 Å². The molecule has 128 valence electrons. The number of aromatic nitrogens is 1. The summed E-state index contributed by atoms with van der Waals surface area (Å²) in [6.45, 7) is 3.92. The molecule has 1 aromatic heterocycles. The molecule has 6 heteroatoms. The summed E-state index contributed by atoms with van der Waals surface area (Å²) < 4.78 is 5.91. The molecule has 1 aromatic carbocycles. The van der Waals surface area contributed by atoms with E-state index >= 15 is 0 Å². The summed E-state index contributed by atoms with van der Waals surface area (Å²) in [6, 6.07) is 10.7. The van der Waals surface area contributed by atoms with Crippen LogP contribution in [-0.4, -0.2) is 28.5 Å². The molecule has 3 rings (SSSR count). The van der Waals surface area contributed by atoms with Gasteiger partial charge in [0.2, 0.25) is 5.89 Å². The van der Waals surface area contributed by atoms with Crippen molar-refractivity contribution in [3.63, 3.8) is 0 Å². The Labute approximate surface area is 150 Å². The second-order valence-corrected chi connectivity index (χ2v) is 5.88. The van der Waals surface area contributed by atoms with Crippen molar-refractivity contribution in [3.05, 3.63) is 42.4 Å². The predicted molar refractivity (Wildman–Crippen MR) is 98.1 cm³/mol. The molecule has 2 aromatic rings. The first kappa shape index (κ1) is 20.0. The molecule has 0 aliphatic carbocycles. The van der Waals surface area contributed by atoms with Gasteiger partial charge >= 0.3 is 0 Å². The summed E-state index contributed by atoms with van der Waals surface area (Å²) in [5.74, 6) is 1.61. The van der Waals surface area contributed by atoms with Crippen molar-refractivity contribution in [1.82, 2.24) is 9.88 Å². The SMILES string of the molecule is CC(N)C1CCCCN1Cc1ncc(-c2ccccc2)o1.Cl.Cl.